The number of carbonyl (C=O) groups excluding carboxylic acids is 1. The number of rotatable bonds is 6. The summed E-state index contributed by atoms with van der Waals surface area (Å²) < 4.78 is 56.9. The summed E-state index contributed by atoms with van der Waals surface area (Å²) in [6.45, 7) is 1.76. The fourth-order valence-corrected chi connectivity index (χ4v) is 2.00. The molecule has 2 unspecified atom stereocenters. The van der Waals surface area contributed by atoms with Crippen LogP contribution in [0.2, 0.25) is 0 Å². The molecule has 0 bridgehead atoms. The van der Waals surface area contributed by atoms with Crippen molar-refractivity contribution in [1.29, 1.82) is 0 Å². The van der Waals surface area contributed by atoms with E-state index in [4.69, 9.17) is 5.73 Å². The lowest BCUT2D eigenvalue weighted by atomic mass is 9.94. The largest absolute Gasteiger partial charge is 0.468 e. The Morgan fingerprint density at radius 2 is 1.86 bits per heavy atom. The maximum absolute atomic E-state index is 13.5. The van der Waals surface area contributed by atoms with Crippen molar-refractivity contribution in [2.24, 2.45) is 11.7 Å². The first kappa shape index (κ1) is 17.4. The molecule has 0 heterocycles. The molecular formula is C14H17F4NO2. The Hall–Kier alpha value is -1.63. The van der Waals surface area contributed by atoms with Gasteiger partial charge < -0.3 is 10.5 Å². The third-order valence-electron chi connectivity index (χ3n) is 3.24. The summed E-state index contributed by atoms with van der Waals surface area (Å²) in [4.78, 5) is 11.2. The van der Waals surface area contributed by atoms with Crippen LogP contribution < -0.4 is 5.73 Å². The first-order valence-corrected chi connectivity index (χ1v) is 6.43. The molecule has 3 nitrogen and oxygen atoms in total. The fraction of sp³-hybridized carbons (Fsp3) is 0.500. The van der Waals surface area contributed by atoms with Crippen molar-refractivity contribution in [1.82, 2.24) is 0 Å². The van der Waals surface area contributed by atoms with Crippen molar-refractivity contribution in [3.8, 4) is 0 Å². The summed E-state index contributed by atoms with van der Waals surface area (Å²) in [5.74, 6) is -7.12. The van der Waals surface area contributed by atoms with E-state index in [9.17, 15) is 22.4 Å². The van der Waals surface area contributed by atoms with E-state index in [1.165, 1.54) is 7.11 Å². The molecule has 0 aromatic heterocycles. The number of ether oxygens (including phenoxy) is 1. The Bertz CT molecular complexity index is 522. The Morgan fingerprint density at radius 3 is 2.43 bits per heavy atom. The van der Waals surface area contributed by atoms with Gasteiger partial charge in [-0.1, -0.05) is 6.92 Å². The van der Waals surface area contributed by atoms with E-state index in [-0.39, 0.29) is 17.9 Å². The molecule has 1 rings (SSSR count). The van der Waals surface area contributed by atoms with Gasteiger partial charge in [0.2, 0.25) is 0 Å². The number of hydrogen-bond donors (Lipinski definition) is 1. The van der Waals surface area contributed by atoms with Crippen molar-refractivity contribution in [3.05, 3.63) is 34.9 Å². The summed E-state index contributed by atoms with van der Waals surface area (Å²) in [6, 6.07) is -0.169. The molecule has 21 heavy (non-hydrogen) atoms. The van der Waals surface area contributed by atoms with Crippen molar-refractivity contribution in [2.75, 3.05) is 7.11 Å². The van der Waals surface area contributed by atoms with Gasteiger partial charge in [0.25, 0.3) is 0 Å². The van der Waals surface area contributed by atoms with Gasteiger partial charge in [0, 0.05) is 0 Å². The van der Waals surface area contributed by atoms with E-state index in [1.807, 2.05) is 0 Å². The fourth-order valence-electron chi connectivity index (χ4n) is 2.00. The Labute approximate surface area is 120 Å². The first-order valence-electron chi connectivity index (χ1n) is 6.43. The highest BCUT2D eigenvalue weighted by Crippen LogP contribution is 2.22. The van der Waals surface area contributed by atoms with Gasteiger partial charge in [0.15, 0.2) is 23.3 Å². The number of halogens is 4. The SMILES string of the molecule is COC(=O)C(N)CC(C)CCc1cc(F)c(F)c(F)c1F. The van der Waals surface area contributed by atoms with Gasteiger partial charge in [-0.05, 0) is 36.8 Å². The van der Waals surface area contributed by atoms with Crippen LogP contribution in [0.3, 0.4) is 0 Å². The number of methoxy groups -OCH3 is 1. The van der Waals surface area contributed by atoms with Gasteiger partial charge in [-0.3, -0.25) is 4.79 Å². The summed E-state index contributed by atoms with van der Waals surface area (Å²) >= 11 is 0. The number of hydrogen-bond acceptors (Lipinski definition) is 3. The van der Waals surface area contributed by atoms with Gasteiger partial charge >= 0.3 is 5.97 Å². The van der Waals surface area contributed by atoms with Crippen molar-refractivity contribution in [3.63, 3.8) is 0 Å². The van der Waals surface area contributed by atoms with Crippen LogP contribution in [-0.2, 0) is 16.0 Å². The molecule has 0 saturated heterocycles. The number of nitrogens with two attached hydrogens (primary N) is 1. The van der Waals surface area contributed by atoms with E-state index in [0.717, 1.165) is 0 Å². The first-order chi connectivity index (χ1) is 9.77. The average Bonchev–Trinajstić information content (AvgIpc) is 2.46. The van der Waals surface area contributed by atoms with Crippen LogP contribution in [0.4, 0.5) is 17.6 Å². The molecule has 118 valence electrons. The monoisotopic (exact) mass is 307 g/mol. The van der Waals surface area contributed by atoms with Crippen LogP contribution in [0, 0.1) is 29.2 Å². The van der Waals surface area contributed by atoms with Gasteiger partial charge in [0.05, 0.1) is 7.11 Å². The smallest absolute Gasteiger partial charge is 0.322 e. The van der Waals surface area contributed by atoms with Gasteiger partial charge in [-0.15, -0.1) is 0 Å². The van der Waals surface area contributed by atoms with Gasteiger partial charge in [-0.2, -0.15) is 0 Å². The highest BCUT2D eigenvalue weighted by Gasteiger charge is 2.21. The second-order valence-electron chi connectivity index (χ2n) is 4.97. The van der Waals surface area contributed by atoms with E-state index >= 15 is 0 Å². The van der Waals surface area contributed by atoms with Crippen molar-refractivity contribution < 1.29 is 27.1 Å². The standard InChI is InChI=1S/C14H17F4NO2/c1-7(5-10(19)14(20)21-2)3-4-8-6-9(15)12(17)13(18)11(8)16/h6-7,10H,3-5,19H2,1-2H3. The Balaban J connectivity index is 2.66. The minimum Gasteiger partial charge on any atom is -0.468 e. The number of carbonyl (C=O) groups is 1. The molecule has 0 aliphatic heterocycles. The lowest BCUT2D eigenvalue weighted by Crippen LogP contribution is -2.33. The molecule has 0 aliphatic rings. The van der Waals surface area contributed by atoms with Crippen LogP contribution in [0.5, 0.6) is 0 Å². The third-order valence-corrected chi connectivity index (χ3v) is 3.24. The molecule has 0 fully saturated rings. The summed E-state index contributed by atoms with van der Waals surface area (Å²) in [5, 5.41) is 0. The van der Waals surface area contributed by atoms with Crippen molar-refractivity contribution in [2.45, 2.75) is 32.2 Å². The molecule has 0 aliphatic carbocycles. The molecule has 0 amide bonds. The molecular weight excluding hydrogens is 290 g/mol. The maximum atomic E-state index is 13.5. The molecule has 1 aromatic rings. The minimum absolute atomic E-state index is 0.00894. The third kappa shape index (κ3) is 4.42. The highest BCUT2D eigenvalue weighted by molar-refractivity contribution is 5.75. The van der Waals surface area contributed by atoms with E-state index in [0.29, 0.717) is 18.9 Å². The van der Waals surface area contributed by atoms with Gasteiger partial charge in [-0.25, -0.2) is 17.6 Å². The summed E-state index contributed by atoms with van der Waals surface area (Å²) in [5.41, 5.74) is 5.33. The Morgan fingerprint density at radius 1 is 1.24 bits per heavy atom. The zero-order valence-electron chi connectivity index (χ0n) is 11.8. The zero-order chi connectivity index (χ0) is 16.2. The highest BCUT2D eigenvalue weighted by atomic mass is 19.2. The topological polar surface area (TPSA) is 52.3 Å². The van der Waals surface area contributed by atoms with Crippen LogP contribution >= 0.6 is 0 Å². The lowest BCUT2D eigenvalue weighted by Gasteiger charge is -2.15. The molecule has 2 N–H and O–H groups in total. The van der Waals surface area contributed by atoms with E-state index in [2.05, 4.69) is 4.74 Å². The van der Waals surface area contributed by atoms with E-state index < -0.39 is 35.3 Å². The van der Waals surface area contributed by atoms with Crippen LogP contribution in [0.25, 0.3) is 0 Å². The van der Waals surface area contributed by atoms with Crippen LogP contribution in [-0.4, -0.2) is 19.1 Å². The van der Waals surface area contributed by atoms with Crippen LogP contribution in [0.1, 0.15) is 25.3 Å². The quantitative estimate of drug-likeness (QED) is 0.380. The predicted octanol–water partition coefficient (Wildman–Crippen LogP) is 2.70. The Kier molecular flexibility index (Phi) is 6.14. The molecule has 0 radical (unpaired) electrons. The number of esters is 1. The summed E-state index contributed by atoms with van der Waals surface area (Å²) in [7, 11) is 1.21. The maximum Gasteiger partial charge on any atom is 0.322 e. The number of benzene rings is 1. The minimum atomic E-state index is -1.82. The zero-order valence-corrected chi connectivity index (χ0v) is 11.8. The lowest BCUT2D eigenvalue weighted by molar-refractivity contribution is -0.142. The predicted molar refractivity (Wildman–Crippen MR) is 68.4 cm³/mol. The molecule has 0 saturated carbocycles. The van der Waals surface area contributed by atoms with Crippen LogP contribution in [0.15, 0.2) is 6.07 Å². The normalized spacial score (nSPS) is 13.9. The molecule has 7 heteroatoms. The summed E-state index contributed by atoms with van der Waals surface area (Å²) in [6.07, 6.45) is 0.640. The second kappa shape index (κ2) is 7.40. The molecule has 1 aromatic carbocycles. The van der Waals surface area contributed by atoms with Gasteiger partial charge in [0.1, 0.15) is 6.04 Å². The average molecular weight is 307 g/mol. The van der Waals surface area contributed by atoms with Crippen molar-refractivity contribution >= 4 is 5.97 Å². The molecule has 0 spiro atoms. The molecule has 2 atom stereocenters. The number of aryl methyl sites for hydroxylation is 1. The van der Waals surface area contributed by atoms with E-state index in [1.54, 1.807) is 6.92 Å². The second-order valence-corrected chi connectivity index (χ2v) is 4.97.